The van der Waals surface area contributed by atoms with E-state index in [2.05, 4.69) is 18.0 Å². The van der Waals surface area contributed by atoms with Crippen LogP contribution in [0.4, 0.5) is 0 Å². The summed E-state index contributed by atoms with van der Waals surface area (Å²) in [5.41, 5.74) is -0.185. The Kier molecular flexibility index (Phi) is 3.23. The first kappa shape index (κ1) is 11.9. The van der Waals surface area contributed by atoms with Gasteiger partial charge in [-0.3, -0.25) is 0 Å². The lowest BCUT2D eigenvalue weighted by molar-refractivity contribution is 0.0119. The van der Waals surface area contributed by atoms with E-state index < -0.39 is 5.60 Å². The molecule has 2 rings (SSSR count). The van der Waals surface area contributed by atoms with Gasteiger partial charge in [-0.15, -0.1) is 0 Å². The highest BCUT2D eigenvalue weighted by molar-refractivity contribution is 5.01. The number of likely N-dealkylation sites (N-methyl/N-ethyl adjacent to an activating group) is 1. The molecule has 2 fully saturated rings. The van der Waals surface area contributed by atoms with Gasteiger partial charge in [-0.25, -0.2) is 0 Å². The fraction of sp³-hybridized carbons (Fsp3) is 0.923. The average molecular weight is 222 g/mol. The molecule has 2 aliphatic carbocycles. The van der Waals surface area contributed by atoms with Gasteiger partial charge in [0.1, 0.15) is 0 Å². The minimum absolute atomic E-state index is 0.262. The van der Waals surface area contributed by atoms with Gasteiger partial charge in [0.05, 0.1) is 11.7 Å². The SMILES string of the molecule is CN(CC1(O)CCCC1)CC1(CC#N)CC1. The molecule has 0 amide bonds. The Balaban J connectivity index is 1.80. The maximum Gasteiger partial charge on any atom is 0.0774 e. The zero-order chi connectivity index (χ0) is 11.6. The second-order valence-electron chi connectivity index (χ2n) is 5.94. The predicted molar refractivity (Wildman–Crippen MR) is 62.8 cm³/mol. The average Bonchev–Trinajstić information content (AvgIpc) is 2.80. The molecule has 3 nitrogen and oxygen atoms in total. The van der Waals surface area contributed by atoms with Gasteiger partial charge >= 0.3 is 0 Å². The summed E-state index contributed by atoms with van der Waals surface area (Å²) in [7, 11) is 2.08. The molecule has 2 saturated carbocycles. The van der Waals surface area contributed by atoms with Crippen LogP contribution >= 0.6 is 0 Å². The van der Waals surface area contributed by atoms with Crippen molar-refractivity contribution in [2.45, 2.75) is 50.5 Å². The maximum atomic E-state index is 10.3. The van der Waals surface area contributed by atoms with Crippen LogP contribution in [-0.2, 0) is 0 Å². The van der Waals surface area contributed by atoms with E-state index in [0.717, 1.165) is 38.8 Å². The summed E-state index contributed by atoms with van der Waals surface area (Å²) in [5, 5.41) is 19.1. The predicted octanol–water partition coefficient (Wildman–Crippen LogP) is 1.92. The van der Waals surface area contributed by atoms with Crippen LogP contribution in [-0.4, -0.2) is 35.7 Å². The van der Waals surface area contributed by atoms with Gasteiger partial charge in [-0.1, -0.05) is 12.8 Å². The van der Waals surface area contributed by atoms with E-state index in [1.165, 1.54) is 12.8 Å². The van der Waals surface area contributed by atoms with Crippen LogP contribution in [0.25, 0.3) is 0 Å². The molecular formula is C13H22N2O. The topological polar surface area (TPSA) is 47.3 Å². The molecule has 0 aromatic carbocycles. The first-order chi connectivity index (χ1) is 7.58. The fourth-order valence-electron chi connectivity index (χ4n) is 3.06. The molecular weight excluding hydrogens is 200 g/mol. The lowest BCUT2D eigenvalue weighted by Crippen LogP contribution is -2.41. The second kappa shape index (κ2) is 4.35. The minimum atomic E-state index is -0.447. The third kappa shape index (κ3) is 2.75. The molecule has 90 valence electrons. The van der Waals surface area contributed by atoms with E-state index in [-0.39, 0.29) is 5.41 Å². The Morgan fingerprint density at radius 3 is 2.31 bits per heavy atom. The van der Waals surface area contributed by atoms with Crippen molar-refractivity contribution in [1.29, 1.82) is 5.26 Å². The van der Waals surface area contributed by atoms with Crippen molar-refractivity contribution in [3.8, 4) is 6.07 Å². The molecule has 0 atom stereocenters. The lowest BCUT2D eigenvalue weighted by Gasteiger charge is -2.30. The zero-order valence-electron chi connectivity index (χ0n) is 10.2. The van der Waals surface area contributed by atoms with Crippen LogP contribution in [0.5, 0.6) is 0 Å². The van der Waals surface area contributed by atoms with Crippen LogP contribution in [0.3, 0.4) is 0 Å². The number of hydrogen-bond donors (Lipinski definition) is 1. The van der Waals surface area contributed by atoms with Crippen molar-refractivity contribution < 1.29 is 5.11 Å². The Morgan fingerprint density at radius 2 is 1.81 bits per heavy atom. The molecule has 2 aliphatic rings. The van der Waals surface area contributed by atoms with Crippen LogP contribution in [0.1, 0.15) is 44.9 Å². The number of rotatable bonds is 5. The summed E-state index contributed by atoms with van der Waals surface area (Å²) in [5.74, 6) is 0. The molecule has 0 aromatic rings. The third-order valence-corrected chi connectivity index (χ3v) is 4.11. The van der Waals surface area contributed by atoms with Crippen molar-refractivity contribution in [1.82, 2.24) is 4.90 Å². The van der Waals surface area contributed by atoms with E-state index in [4.69, 9.17) is 5.26 Å². The van der Waals surface area contributed by atoms with Gasteiger partial charge in [0.15, 0.2) is 0 Å². The molecule has 0 radical (unpaired) electrons. The Hall–Kier alpha value is -0.590. The molecule has 0 saturated heterocycles. The monoisotopic (exact) mass is 222 g/mol. The molecule has 0 aromatic heterocycles. The molecule has 3 heteroatoms. The first-order valence-corrected chi connectivity index (χ1v) is 6.36. The largest absolute Gasteiger partial charge is 0.389 e. The van der Waals surface area contributed by atoms with Crippen molar-refractivity contribution in [3.63, 3.8) is 0 Å². The first-order valence-electron chi connectivity index (χ1n) is 6.36. The number of nitriles is 1. The van der Waals surface area contributed by atoms with Crippen LogP contribution in [0, 0.1) is 16.7 Å². The van der Waals surface area contributed by atoms with Gasteiger partial charge in [-0.05, 0) is 38.1 Å². The Morgan fingerprint density at radius 1 is 1.19 bits per heavy atom. The van der Waals surface area contributed by atoms with E-state index >= 15 is 0 Å². The van der Waals surface area contributed by atoms with Gasteiger partial charge < -0.3 is 10.0 Å². The van der Waals surface area contributed by atoms with Crippen LogP contribution in [0.15, 0.2) is 0 Å². The van der Waals surface area contributed by atoms with Gasteiger partial charge in [-0.2, -0.15) is 5.26 Å². The molecule has 1 N–H and O–H groups in total. The van der Waals surface area contributed by atoms with E-state index in [9.17, 15) is 5.11 Å². The number of nitrogens with zero attached hydrogens (tertiary/aromatic N) is 2. The Labute approximate surface area is 98.1 Å². The van der Waals surface area contributed by atoms with Crippen molar-refractivity contribution in [2.24, 2.45) is 5.41 Å². The van der Waals surface area contributed by atoms with Gasteiger partial charge in [0.25, 0.3) is 0 Å². The molecule has 0 bridgehead atoms. The van der Waals surface area contributed by atoms with Gasteiger partial charge in [0.2, 0.25) is 0 Å². The zero-order valence-corrected chi connectivity index (χ0v) is 10.2. The summed E-state index contributed by atoms with van der Waals surface area (Å²) in [6, 6.07) is 2.29. The molecule has 0 aliphatic heterocycles. The van der Waals surface area contributed by atoms with Crippen LogP contribution in [0.2, 0.25) is 0 Å². The normalized spacial score (nSPS) is 25.6. The second-order valence-corrected chi connectivity index (χ2v) is 5.94. The summed E-state index contributed by atoms with van der Waals surface area (Å²) < 4.78 is 0. The van der Waals surface area contributed by atoms with Crippen LogP contribution < -0.4 is 0 Å². The van der Waals surface area contributed by atoms with Crippen molar-refractivity contribution >= 4 is 0 Å². The number of hydrogen-bond acceptors (Lipinski definition) is 3. The third-order valence-electron chi connectivity index (χ3n) is 4.11. The Bertz CT molecular complexity index is 285. The molecule has 0 heterocycles. The van der Waals surface area contributed by atoms with Gasteiger partial charge in [0, 0.05) is 19.5 Å². The van der Waals surface area contributed by atoms with E-state index in [1.807, 2.05) is 0 Å². The molecule has 16 heavy (non-hydrogen) atoms. The highest BCUT2D eigenvalue weighted by Crippen LogP contribution is 2.49. The summed E-state index contributed by atoms with van der Waals surface area (Å²) in [4.78, 5) is 2.23. The van der Waals surface area contributed by atoms with Crippen molar-refractivity contribution in [3.05, 3.63) is 0 Å². The summed E-state index contributed by atoms with van der Waals surface area (Å²) >= 11 is 0. The highest BCUT2D eigenvalue weighted by Gasteiger charge is 2.44. The fourth-order valence-corrected chi connectivity index (χ4v) is 3.06. The van der Waals surface area contributed by atoms with Crippen molar-refractivity contribution in [2.75, 3.05) is 20.1 Å². The summed E-state index contributed by atoms with van der Waals surface area (Å²) in [6.07, 6.45) is 7.26. The quantitative estimate of drug-likeness (QED) is 0.773. The smallest absolute Gasteiger partial charge is 0.0774 e. The van der Waals surface area contributed by atoms with E-state index in [0.29, 0.717) is 6.42 Å². The maximum absolute atomic E-state index is 10.3. The highest BCUT2D eigenvalue weighted by atomic mass is 16.3. The molecule has 0 spiro atoms. The summed E-state index contributed by atoms with van der Waals surface area (Å²) in [6.45, 7) is 1.75. The van der Waals surface area contributed by atoms with E-state index in [1.54, 1.807) is 0 Å². The number of aliphatic hydroxyl groups is 1. The lowest BCUT2D eigenvalue weighted by atomic mass is 9.99. The standard InChI is InChI=1S/C13H22N2O/c1-15(10-12(6-7-12)8-9-14)11-13(16)4-2-3-5-13/h16H,2-8,10-11H2,1H3. The molecule has 0 unspecified atom stereocenters. The minimum Gasteiger partial charge on any atom is -0.389 e.